The molecule has 1 unspecified atom stereocenters. The molecule has 0 radical (unpaired) electrons. The van der Waals surface area contributed by atoms with Crippen LogP contribution in [0.3, 0.4) is 0 Å². The molecule has 0 aliphatic carbocycles. The average Bonchev–Trinajstić information content (AvgIpc) is 2.88. The van der Waals surface area contributed by atoms with Crippen molar-refractivity contribution in [3.8, 4) is 0 Å². The van der Waals surface area contributed by atoms with Gasteiger partial charge in [0.25, 0.3) is 0 Å². The fraction of sp³-hybridized carbons (Fsp3) is 0.357. The lowest BCUT2D eigenvalue weighted by molar-refractivity contribution is 0.143. The van der Waals surface area contributed by atoms with E-state index in [-0.39, 0.29) is 11.9 Å². The maximum absolute atomic E-state index is 13.1. The summed E-state index contributed by atoms with van der Waals surface area (Å²) in [5.41, 5.74) is 0.867. The maximum Gasteiger partial charge on any atom is 0.123 e. The summed E-state index contributed by atoms with van der Waals surface area (Å²) in [6, 6.07) is 8.27. The topological polar surface area (TPSA) is 50.1 Å². The van der Waals surface area contributed by atoms with Gasteiger partial charge in [-0.3, -0.25) is 4.68 Å². The molecule has 0 saturated heterocycles. The third-order valence-electron chi connectivity index (χ3n) is 2.97. The molecule has 1 aromatic carbocycles. The van der Waals surface area contributed by atoms with Crippen molar-refractivity contribution >= 4 is 0 Å². The smallest absolute Gasteiger partial charge is 0.123 e. The van der Waals surface area contributed by atoms with E-state index in [0.717, 1.165) is 5.56 Å². The Morgan fingerprint density at radius 1 is 1.42 bits per heavy atom. The molecule has 2 atom stereocenters. The third kappa shape index (κ3) is 4.15. The van der Waals surface area contributed by atoms with E-state index in [1.165, 1.54) is 12.1 Å². The van der Waals surface area contributed by atoms with Crippen LogP contribution in [0.4, 0.5) is 4.39 Å². The van der Waals surface area contributed by atoms with Crippen LogP contribution in [-0.4, -0.2) is 27.5 Å². The van der Waals surface area contributed by atoms with Gasteiger partial charge >= 0.3 is 0 Å². The van der Waals surface area contributed by atoms with Crippen molar-refractivity contribution in [2.24, 2.45) is 0 Å². The van der Waals surface area contributed by atoms with Crippen molar-refractivity contribution in [3.05, 3.63) is 54.1 Å². The lowest BCUT2D eigenvalue weighted by Crippen LogP contribution is -2.32. The van der Waals surface area contributed by atoms with Gasteiger partial charge in [-0.2, -0.15) is 5.10 Å². The Bertz CT molecular complexity index is 501. The molecule has 0 saturated carbocycles. The molecule has 0 aliphatic heterocycles. The van der Waals surface area contributed by atoms with Crippen molar-refractivity contribution < 1.29 is 9.50 Å². The number of benzene rings is 1. The summed E-state index contributed by atoms with van der Waals surface area (Å²) in [5, 5.41) is 17.1. The molecule has 102 valence electrons. The van der Waals surface area contributed by atoms with Crippen molar-refractivity contribution in [1.82, 2.24) is 15.1 Å². The van der Waals surface area contributed by atoms with Crippen LogP contribution in [-0.2, 0) is 6.54 Å². The summed E-state index contributed by atoms with van der Waals surface area (Å²) in [4.78, 5) is 0. The van der Waals surface area contributed by atoms with Crippen LogP contribution < -0.4 is 5.32 Å². The van der Waals surface area contributed by atoms with E-state index in [0.29, 0.717) is 13.1 Å². The summed E-state index contributed by atoms with van der Waals surface area (Å²) in [6.07, 6.45) is 2.95. The second-order valence-electron chi connectivity index (χ2n) is 4.57. The lowest BCUT2D eigenvalue weighted by atomic mass is 10.1. The highest BCUT2D eigenvalue weighted by molar-refractivity contribution is 5.19. The molecule has 0 fully saturated rings. The predicted octanol–water partition coefficient (Wildman–Crippen LogP) is 1.73. The monoisotopic (exact) mass is 263 g/mol. The van der Waals surface area contributed by atoms with E-state index >= 15 is 0 Å². The van der Waals surface area contributed by atoms with Gasteiger partial charge in [-0.05, 0) is 30.7 Å². The summed E-state index contributed by atoms with van der Waals surface area (Å²) in [6.45, 7) is 2.81. The first-order chi connectivity index (χ1) is 9.15. The fourth-order valence-electron chi connectivity index (χ4n) is 1.90. The number of aliphatic hydroxyl groups is 1. The van der Waals surface area contributed by atoms with E-state index < -0.39 is 6.10 Å². The van der Waals surface area contributed by atoms with Crippen LogP contribution in [0.15, 0.2) is 42.7 Å². The van der Waals surface area contributed by atoms with Crippen LogP contribution in [0, 0.1) is 5.82 Å². The zero-order valence-corrected chi connectivity index (χ0v) is 10.8. The highest BCUT2D eigenvalue weighted by Gasteiger charge is 2.10. The molecule has 2 rings (SSSR count). The molecule has 5 heteroatoms. The summed E-state index contributed by atoms with van der Waals surface area (Å²) < 4.78 is 14.8. The standard InChI is InChI=1S/C14H18FN3O/c1-11(12-4-2-5-13(15)8-12)16-9-14(19)10-18-7-3-6-17-18/h2-8,11,14,16,19H,9-10H2,1H3/t11-,14?/m1/s1. The van der Waals surface area contributed by atoms with Crippen LogP contribution in [0.2, 0.25) is 0 Å². The van der Waals surface area contributed by atoms with Crippen molar-refractivity contribution in [2.45, 2.75) is 25.6 Å². The van der Waals surface area contributed by atoms with Gasteiger partial charge in [-0.15, -0.1) is 0 Å². The minimum Gasteiger partial charge on any atom is -0.390 e. The van der Waals surface area contributed by atoms with E-state index in [4.69, 9.17) is 0 Å². The Hall–Kier alpha value is -1.72. The van der Waals surface area contributed by atoms with Crippen LogP contribution in [0.1, 0.15) is 18.5 Å². The summed E-state index contributed by atoms with van der Waals surface area (Å²) in [5.74, 6) is -0.247. The van der Waals surface area contributed by atoms with Gasteiger partial charge in [0.1, 0.15) is 5.82 Å². The van der Waals surface area contributed by atoms with Crippen LogP contribution in [0.25, 0.3) is 0 Å². The minimum absolute atomic E-state index is 0.0111. The molecular formula is C14H18FN3O. The highest BCUT2D eigenvalue weighted by Crippen LogP contribution is 2.13. The molecule has 2 aromatic rings. The number of halogens is 1. The molecule has 1 aromatic heterocycles. The molecule has 0 bridgehead atoms. The van der Waals surface area contributed by atoms with E-state index in [2.05, 4.69) is 10.4 Å². The summed E-state index contributed by atoms with van der Waals surface area (Å²) in [7, 11) is 0. The highest BCUT2D eigenvalue weighted by atomic mass is 19.1. The number of hydrogen-bond donors (Lipinski definition) is 2. The first-order valence-corrected chi connectivity index (χ1v) is 6.29. The Morgan fingerprint density at radius 2 is 2.26 bits per heavy atom. The maximum atomic E-state index is 13.1. The lowest BCUT2D eigenvalue weighted by Gasteiger charge is -2.17. The Morgan fingerprint density at radius 3 is 2.95 bits per heavy atom. The quantitative estimate of drug-likeness (QED) is 0.834. The number of nitrogens with one attached hydrogen (secondary N) is 1. The second kappa shape index (κ2) is 6.45. The van der Waals surface area contributed by atoms with Gasteiger partial charge in [-0.1, -0.05) is 12.1 Å². The van der Waals surface area contributed by atoms with E-state index in [1.54, 1.807) is 23.1 Å². The Kier molecular flexibility index (Phi) is 4.65. The normalized spacial score (nSPS) is 14.3. The van der Waals surface area contributed by atoms with E-state index in [1.807, 2.05) is 19.1 Å². The van der Waals surface area contributed by atoms with Gasteiger partial charge in [-0.25, -0.2) is 4.39 Å². The fourth-order valence-corrected chi connectivity index (χ4v) is 1.90. The van der Waals surface area contributed by atoms with Gasteiger partial charge in [0.05, 0.1) is 12.6 Å². The number of aliphatic hydroxyl groups excluding tert-OH is 1. The largest absolute Gasteiger partial charge is 0.390 e. The first-order valence-electron chi connectivity index (χ1n) is 6.29. The number of aromatic nitrogens is 2. The van der Waals surface area contributed by atoms with Gasteiger partial charge in [0.15, 0.2) is 0 Å². The van der Waals surface area contributed by atoms with Gasteiger partial charge in [0.2, 0.25) is 0 Å². The minimum atomic E-state index is -0.532. The number of rotatable bonds is 6. The van der Waals surface area contributed by atoms with Crippen molar-refractivity contribution in [1.29, 1.82) is 0 Å². The zero-order valence-electron chi connectivity index (χ0n) is 10.8. The zero-order chi connectivity index (χ0) is 13.7. The Balaban J connectivity index is 1.81. The third-order valence-corrected chi connectivity index (χ3v) is 2.97. The van der Waals surface area contributed by atoms with E-state index in [9.17, 15) is 9.50 Å². The predicted molar refractivity (Wildman–Crippen MR) is 71.1 cm³/mol. The van der Waals surface area contributed by atoms with Crippen molar-refractivity contribution in [2.75, 3.05) is 6.54 Å². The van der Waals surface area contributed by atoms with Crippen molar-refractivity contribution in [3.63, 3.8) is 0 Å². The molecule has 2 N–H and O–H groups in total. The molecule has 19 heavy (non-hydrogen) atoms. The number of nitrogens with zero attached hydrogens (tertiary/aromatic N) is 2. The second-order valence-corrected chi connectivity index (χ2v) is 4.57. The number of hydrogen-bond acceptors (Lipinski definition) is 3. The average molecular weight is 263 g/mol. The first kappa shape index (κ1) is 13.7. The molecule has 4 nitrogen and oxygen atoms in total. The van der Waals surface area contributed by atoms with Crippen LogP contribution in [0.5, 0.6) is 0 Å². The van der Waals surface area contributed by atoms with Gasteiger partial charge < -0.3 is 10.4 Å². The molecular weight excluding hydrogens is 245 g/mol. The summed E-state index contributed by atoms with van der Waals surface area (Å²) >= 11 is 0. The van der Waals surface area contributed by atoms with Gasteiger partial charge in [0, 0.05) is 25.0 Å². The molecule has 0 aliphatic rings. The molecule has 1 heterocycles. The molecule has 0 amide bonds. The molecule has 0 spiro atoms. The Labute approximate surface area is 111 Å². The van der Waals surface area contributed by atoms with Crippen LogP contribution >= 0.6 is 0 Å². The SMILES string of the molecule is C[C@@H](NCC(O)Cn1cccn1)c1cccc(F)c1.